The molecule has 0 amide bonds. The molecule has 0 fully saturated rings. The number of carbonyl (C=O) groups excluding carboxylic acids is 2. The first-order chi connectivity index (χ1) is 29.5. The van der Waals surface area contributed by atoms with Crippen LogP contribution in [0.1, 0.15) is 226 Å². The van der Waals surface area contributed by atoms with E-state index in [9.17, 15) is 19.0 Å². The van der Waals surface area contributed by atoms with E-state index in [0.717, 1.165) is 70.6 Å². The van der Waals surface area contributed by atoms with E-state index in [1.807, 2.05) is 21.1 Å². The molecule has 0 radical (unpaired) electrons. The zero-order valence-corrected chi connectivity index (χ0v) is 41.3. The lowest BCUT2D eigenvalue weighted by Crippen LogP contribution is -2.37. The Balaban J connectivity index is 4.21. The molecule has 61 heavy (non-hydrogen) atoms. The largest absolute Gasteiger partial charge is 0.756 e. The molecule has 0 aromatic rings. The molecule has 0 spiro atoms. The summed E-state index contributed by atoms with van der Waals surface area (Å²) in [6.07, 6.45) is 50.4. The van der Waals surface area contributed by atoms with Gasteiger partial charge in [0.25, 0.3) is 7.82 Å². The Labute approximate surface area is 376 Å². The van der Waals surface area contributed by atoms with Crippen molar-refractivity contribution in [3.63, 3.8) is 0 Å². The minimum absolute atomic E-state index is 0.0336. The first kappa shape index (κ1) is 59.2. The van der Waals surface area contributed by atoms with Gasteiger partial charge < -0.3 is 27.9 Å². The summed E-state index contributed by atoms with van der Waals surface area (Å²) in [7, 11) is 1.16. The van der Waals surface area contributed by atoms with E-state index in [1.54, 1.807) is 0 Å². The summed E-state index contributed by atoms with van der Waals surface area (Å²) in [5.74, 6) is -0.845. The molecule has 358 valence electrons. The third-order valence-corrected chi connectivity index (χ3v) is 11.9. The average Bonchev–Trinajstić information content (AvgIpc) is 3.21. The van der Waals surface area contributed by atoms with Crippen molar-refractivity contribution in [1.82, 2.24) is 0 Å². The first-order valence-corrected chi connectivity index (χ1v) is 26.7. The van der Waals surface area contributed by atoms with Gasteiger partial charge in [-0.25, -0.2) is 0 Å². The number of hydrogen-bond acceptors (Lipinski definition) is 8. The Morgan fingerprint density at radius 1 is 0.525 bits per heavy atom. The van der Waals surface area contributed by atoms with Crippen molar-refractivity contribution in [3.8, 4) is 0 Å². The number of carbonyl (C=O) groups is 2. The van der Waals surface area contributed by atoms with Crippen molar-refractivity contribution >= 4 is 19.8 Å². The van der Waals surface area contributed by atoms with E-state index in [0.29, 0.717) is 17.4 Å². The van der Waals surface area contributed by atoms with E-state index in [-0.39, 0.29) is 32.0 Å². The quantitative estimate of drug-likeness (QED) is 0.0195. The van der Waals surface area contributed by atoms with E-state index in [1.165, 1.54) is 122 Å². The SMILES string of the molecule is CC/C=C/C/C=C/C/C=C/CCCCCCCC(=O)O[C@H](COC(=O)CCCCCCCCCCCCCCCCCCCCCCCC)COP(=O)([O-])OCC[N+](C)(C)C. The highest BCUT2D eigenvalue weighted by Crippen LogP contribution is 2.38. The lowest BCUT2D eigenvalue weighted by atomic mass is 10.0. The minimum Gasteiger partial charge on any atom is -0.756 e. The van der Waals surface area contributed by atoms with Crippen molar-refractivity contribution in [2.24, 2.45) is 0 Å². The van der Waals surface area contributed by atoms with Gasteiger partial charge in [0, 0.05) is 12.8 Å². The third-order valence-electron chi connectivity index (χ3n) is 10.9. The standard InChI is InChI=1S/C51H96NO8P/c1-6-8-10-12-14-16-18-20-22-23-24-25-26-27-28-30-31-33-35-37-39-41-43-50(53)57-47-49(48-59-61(55,56)58-46-45-52(3,4)5)60-51(54)44-42-40-38-36-34-32-29-21-19-17-15-13-11-9-7-2/h9,11,15,17,21,29,49H,6-8,10,12-14,16,18-20,22-28,30-48H2,1-5H3/b11-9+,17-15+,29-21+/t49-/m1/s1. The van der Waals surface area contributed by atoms with E-state index >= 15 is 0 Å². The fraction of sp³-hybridized carbons (Fsp3) is 0.843. The summed E-state index contributed by atoms with van der Waals surface area (Å²) in [5.41, 5.74) is 0. The van der Waals surface area contributed by atoms with Gasteiger partial charge in [-0.3, -0.25) is 14.2 Å². The van der Waals surface area contributed by atoms with Crippen molar-refractivity contribution in [2.45, 2.75) is 232 Å². The van der Waals surface area contributed by atoms with E-state index in [4.69, 9.17) is 18.5 Å². The Morgan fingerprint density at radius 2 is 0.934 bits per heavy atom. The highest BCUT2D eigenvalue weighted by molar-refractivity contribution is 7.45. The number of hydrogen-bond donors (Lipinski definition) is 0. The van der Waals surface area contributed by atoms with Crippen LogP contribution >= 0.6 is 7.82 Å². The second-order valence-corrected chi connectivity index (χ2v) is 19.6. The Kier molecular flexibility index (Phi) is 42.2. The number of allylic oxidation sites excluding steroid dienone is 6. The van der Waals surface area contributed by atoms with Crippen LogP contribution in [0.2, 0.25) is 0 Å². The third kappa shape index (κ3) is 47.5. The Hall–Kier alpha value is -1.77. The average molecular weight is 882 g/mol. The summed E-state index contributed by atoms with van der Waals surface area (Å²) < 4.78 is 34.0. The van der Waals surface area contributed by atoms with Gasteiger partial charge in [0.15, 0.2) is 6.10 Å². The molecule has 0 aliphatic carbocycles. The van der Waals surface area contributed by atoms with Crippen LogP contribution < -0.4 is 4.89 Å². The maximum atomic E-state index is 12.7. The van der Waals surface area contributed by atoms with Gasteiger partial charge in [-0.15, -0.1) is 0 Å². The molecule has 0 heterocycles. The number of unbranched alkanes of at least 4 members (excludes halogenated alkanes) is 26. The van der Waals surface area contributed by atoms with Crippen molar-refractivity contribution in [3.05, 3.63) is 36.5 Å². The van der Waals surface area contributed by atoms with Gasteiger partial charge in [0.1, 0.15) is 19.8 Å². The molecule has 2 atom stereocenters. The summed E-state index contributed by atoms with van der Waals surface area (Å²) in [6.45, 7) is 4.13. The number of likely N-dealkylation sites (N-methyl/N-ethyl adjacent to an activating group) is 1. The number of rotatable bonds is 46. The van der Waals surface area contributed by atoms with Crippen molar-refractivity contribution in [2.75, 3.05) is 47.5 Å². The normalized spacial score (nSPS) is 13.7. The smallest absolute Gasteiger partial charge is 0.306 e. The second-order valence-electron chi connectivity index (χ2n) is 18.2. The molecule has 0 aliphatic rings. The molecule has 10 heteroatoms. The predicted octanol–water partition coefficient (Wildman–Crippen LogP) is 14.2. The van der Waals surface area contributed by atoms with Crippen molar-refractivity contribution < 1.29 is 42.1 Å². The summed E-state index contributed by atoms with van der Waals surface area (Å²) >= 11 is 0. The molecular formula is C51H96NO8P. The molecule has 1 unspecified atom stereocenters. The van der Waals surface area contributed by atoms with E-state index < -0.39 is 26.5 Å². The van der Waals surface area contributed by atoms with Crippen molar-refractivity contribution in [1.29, 1.82) is 0 Å². The van der Waals surface area contributed by atoms with Gasteiger partial charge in [-0.2, -0.15) is 0 Å². The Bertz CT molecular complexity index is 1130. The van der Waals surface area contributed by atoms with Gasteiger partial charge in [0.05, 0.1) is 27.7 Å². The maximum Gasteiger partial charge on any atom is 0.306 e. The molecule has 0 saturated carbocycles. The lowest BCUT2D eigenvalue weighted by Gasteiger charge is -2.28. The number of quaternary nitrogens is 1. The molecule has 0 saturated heterocycles. The fourth-order valence-corrected chi connectivity index (χ4v) is 7.75. The number of phosphoric acid groups is 1. The maximum absolute atomic E-state index is 12.7. The first-order valence-electron chi connectivity index (χ1n) is 25.2. The van der Waals surface area contributed by atoms with Crippen LogP contribution in [0.3, 0.4) is 0 Å². The number of ether oxygens (including phenoxy) is 2. The predicted molar refractivity (Wildman–Crippen MR) is 254 cm³/mol. The molecule has 0 aromatic carbocycles. The molecular weight excluding hydrogens is 786 g/mol. The second kappa shape index (κ2) is 43.5. The van der Waals surface area contributed by atoms with Gasteiger partial charge in [-0.05, 0) is 44.9 Å². The van der Waals surface area contributed by atoms with Crippen LogP contribution in [0.5, 0.6) is 0 Å². The lowest BCUT2D eigenvalue weighted by molar-refractivity contribution is -0.870. The van der Waals surface area contributed by atoms with Crippen LogP contribution in [-0.4, -0.2) is 70.0 Å². The fourth-order valence-electron chi connectivity index (χ4n) is 7.02. The van der Waals surface area contributed by atoms with Gasteiger partial charge in [-0.1, -0.05) is 204 Å². The van der Waals surface area contributed by atoms with Crippen LogP contribution in [0.25, 0.3) is 0 Å². The highest BCUT2D eigenvalue weighted by Gasteiger charge is 2.21. The van der Waals surface area contributed by atoms with Crippen LogP contribution in [0.15, 0.2) is 36.5 Å². The molecule has 0 bridgehead atoms. The summed E-state index contributed by atoms with van der Waals surface area (Å²) in [6, 6.07) is 0. The molecule has 0 rings (SSSR count). The number of phosphoric ester groups is 1. The van der Waals surface area contributed by atoms with E-state index in [2.05, 4.69) is 50.3 Å². The zero-order valence-electron chi connectivity index (χ0n) is 40.4. The zero-order chi connectivity index (χ0) is 45.0. The van der Waals surface area contributed by atoms with Crippen LogP contribution in [0.4, 0.5) is 0 Å². The Morgan fingerprint density at radius 3 is 1.39 bits per heavy atom. The number of esters is 2. The van der Waals surface area contributed by atoms with Crippen LogP contribution in [-0.2, 0) is 32.7 Å². The topological polar surface area (TPSA) is 111 Å². The summed E-state index contributed by atoms with van der Waals surface area (Å²) in [5, 5.41) is 0. The highest BCUT2D eigenvalue weighted by atomic mass is 31.2. The number of nitrogens with zero attached hydrogens (tertiary/aromatic N) is 1. The molecule has 0 aromatic heterocycles. The summed E-state index contributed by atoms with van der Waals surface area (Å²) in [4.78, 5) is 37.7. The molecule has 9 nitrogen and oxygen atoms in total. The molecule has 0 aliphatic heterocycles. The van der Waals surface area contributed by atoms with Crippen LogP contribution in [0, 0.1) is 0 Å². The monoisotopic (exact) mass is 882 g/mol. The minimum atomic E-state index is -4.63. The van der Waals surface area contributed by atoms with Gasteiger partial charge >= 0.3 is 11.9 Å². The molecule has 0 N–H and O–H groups in total. The van der Waals surface area contributed by atoms with Gasteiger partial charge in [0.2, 0.25) is 0 Å².